The molecule has 6 N–H and O–H groups in total. The number of nitrogens with two attached hydrogens (primary N) is 1. The molecule has 2 fully saturated rings. The number of halogens is 2. The first kappa shape index (κ1) is 35.7. The second-order valence-corrected chi connectivity index (χ2v) is 13.2. The van der Waals surface area contributed by atoms with E-state index in [9.17, 15) is 28.0 Å². The number of urea groups is 1. The summed E-state index contributed by atoms with van der Waals surface area (Å²) in [5.74, 6) is -2.80. The highest BCUT2D eigenvalue weighted by Gasteiger charge is 2.42. The fourth-order valence-electron chi connectivity index (χ4n) is 5.76. The van der Waals surface area contributed by atoms with Gasteiger partial charge in [-0.15, -0.1) is 5.10 Å². The number of thioether (sulfide) groups is 1. The highest BCUT2D eigenvalue weighted by Crippen LogP contribution is 2.33. The van der Waals surface area contributed by atoms with Crippen LogP contribution < -0.4 is 31.7 Å². The van der Waals surface area contributed by atoms with Gasteiger partial charge in [-0.25, -0.2) is 18.3 Å². The first-order valence-corrected chi connectivity index (χ1v) is 17.3. The van der Waals surface area contributed by atoms with E-state index in [1.165, 1.54) is 10.7 Å². The van der Waals surface area contributed by atoms with Gasteiger partial charge in [0.15, 0.2) is 23.2 Å². The van der Waals surface area contributed by atoms with Crippen molar-refractivity contribution in [2.45, 2.75) is 74.9 Å². The molecule has 0 unspecified atom stereocenters. The number of carbonyl (C=O) groups is 4. The van der Waals surface area contributed by atoms with Crippen molar-refractivity contribution in [2.24, 2.45) is 5.73 Å². The maximum atomic E-state index is 14.0. The van der Waals surface area contributed by atoms with Crippen molar-refractivity contribution >= 4 is 35.4 Å². The third-order valence-electron chi connectivity index (χ3n) is 8.38. The van der Waals surface area contributed by atoms with E-state index in [0.717, 1.165) is 37.1 Å². The minimum absolute atomic E-state index is 0.0963. The van der Waals surface area contributed by atoms with Crippen LogP contribution >= 0.6 is 11.8 Å². The van der Waals surface area contributed by atoms with Crippen LogP contribution in [0.5, 0.6) is 5.75 Å². The summed E-state index contributed by atoms with van der Waals surface area (Å²) in [5.41, 5.74) is 6.90. The second kappa shape index (κ2) is 17.2. The summed E-state index contributed by atoms with van der Waals surface area (Å²) in [6.45, 7) is -0.0493. The van der Waals surface area contributed by atoms with E-state index >= 15 is 0 Å². The molecular weight excluding hydrogens is 658 g/mol. The lowest BCUT2D eigenvalue weighted by molar-refractivity contribution is -0.123. The number of hydrogen-bond acceptors (Lipinski definition) is 9. The molecule has 1 aromatic heterocycles. The van der Waals surface area contributed by atoms with E-state index in [2.05, 4.69) is 31.6 Å². The number of rotatable bonds is 18. The number of para-hydroxylation sites is 1. The average Bonchev–Trinajstić information content (AvgIpc) is 3.81. The van der Waals surface area contributed by atoms with E-state index in [1.807, 2.05) is 11.8 Å². The summed E-state index contributed by atoms with van der Waals surface area (Å²) in [6, 6.07) is 9.05. The van der Waals surface area contributed by atoms with E-state index in [0.29, 0.717) is 42.4 Å². The molecule has 2 aromatic carbocycles. The third-order valence-corrected chi connectivity index (χ3v) is 9.89. The van der Waals surface area contributed by atoms with Crippen molar-refractivity contribution in [3.63, 3.8) is 0 Å². The van der Waals surface area contributed by atoms with Gasteiger partial charge in [-0.1, -0.05) is 23.8 Å². The van der Waals surface area contributed by atoms with Gasteiger partial charge in [-0.05, 0) is 69.0 Å². The zero-order valence-corrected chi connectivity index (χ0v) is 27.6. The van der Waals surface area contributed by atoms with Crippen LogP contribution in [0.15, 0.2) is 48.7 Å². The fourth-order valence-corrected chi connectivity index (χ4v) is 7.30. The molecule has 0 bridgehead atoms. The number of amides is 4. The monoisotopic (exact) mass is 698 g/mol. The van der Waals surface area contributed by atoms with Crippen LogP contribution in [0.2, 0.25) is 0 Å². The van der Waals surface area contributed by atoms with Crippen LogP contribution in [-0.2, 0) is 16.1 Å². The summed E-state index contributed by atoms with van der Waals surface area (Å²) >= 11 is 1.85. The first-order valence-electron chi connectivity index (χ1n) is 16.3. The number of Topliss-reactive ketones (excluding diaryl/α,β-unsaturated/α-hetero) is 1. The minimum atomic E-state index is -0.972. The standard InChI is InChI=1S/C33H40F2N8O5S/c34-23-9-6-10-24(35)31(23)48-18-27(44)25(11-3-4-14-36)38-32(46)20-7-5-8-22(15-20)43-17-21(41-42-43)16-37-29(45)13-2-1-12-28-30-26(19-49-28)39-33(47)40-30/h5-10,15,17,25-26,28,30H,1-4,11-14,16,18-19,36H2,(H,37,45)(H,38,46)(H2,39,40,47)/t25-,26-,28-,30-/m0/s1. The summed E-state index contributed by atoms with van der Waals surface area (Å²) in [7, 11) is 0. The van der Waals surface area contributed by atoms with Gasteiger partial charge < -0.3 is 31.7 Å². The Balaban J connectivity index is 1.09. The Hall–Kier alpha value is -4.57. The maximum absolute atomic E-state index is 14.0. The maximum Gasteiger partial charge on any atom is 0.315 e. The largest absolute Gasteiger partial charge is 0.480 e. The van der Waals surface area contributed by atoms with Crippen LogP contribution in [0.25, 0.3) is 5.69 Å². The van der Waals surface area contributed by atoms with Gasteiger partial charge in [0, 0.05) is 23.0 Å². The van der Waals surface area contributed by atoms with Crippen molar-refractivity contribution in [3.05, 3.63) is 71.6 Å². The molecule has 0 spiro atoms. The zero-order chi connectivity index (χ0) is 34.8. The van der Waals surface area contributed by atoms with Gasteiger partial charge in [0.05, 0.1) is 36.6 Å². The summed E-state index contributed by atoms with van der Waals surface area (Å²) in [4.78, 5) is 50.2. The number of unbranched alkanes of at least 4 members (excludes halogenated alkanes) is 2. The summed E-state index contributed by atoms with van der Waals surface area (Å²) < 4.78 is 34.6. The molecule has 16 heteroatoms. The lowest BCUT2D eigenvalue weighted by Crippen LogP contribution is -2.43. The Morgan fingerprint density at radius 3 is 2.67 bits per heavy atom. The topological polar surface area (TPSA) is 182 Å². The number of aromatic nitrogens is 3. The van der Waals surface area contributed by atoms with Gasteiger partial charge in [0.2, 0.25) is 5.91 Å². The third kappa shape index (κ3) is 9.75. The molecule has 0 saturated carbocycles. The van der Waals surface area contributed by atoms with Crippen LogP contribution in [0.1, 0.15) is 61.0 Å². The molecule has 3 aromatic rings. The molecular formula is C33H40F2N8O5S. The Bertz CT molecular complexity index is 1620. The highest BCUT2D eigenvalue weighted by molar-refractivity contribution is 8.00. The van der Waals surface area contributed by atoms with Crippen molar-refractivity contribution in [3.8, 4) is 11.4 Å². The van der Waals surface area contributed by atoms with E-state index in [1.54, 1.807) is 30.5 Å². The van der Waals surface area contributed by atoms with Gasteiger partial charge in [-0.3, -0.25) is 14.4 Å². The SMILES string of the molecule is NCCCC[C@H](NC(=O)c1cccc(-n2cc(CNC(=O)CCCC[C@@H]3SC[C@@H]4NC(=O)N[C@@H]43)nn2)c1)C(=O)COc1c(F)cccc1F. The number of nitrogens with one attached hydrogen (secondary N) is 4. The van der Waals surface area contributed by atoms with E-state index in [-0.39, 0.29) is 42.6 Å². The average molecular weight is 699 g/mol. The number of nitrogens with zero attached hydrogens (tertiary/aromatic N) is 3. The zero-order valence-electron chi connectivity index (χ0n) is 26.8. The first-order chi connectivity index (χ1) is 23.7. The summed E-state index contributed by atoms with van der Waals surface area (Å²) in [5, 5.41) is 20.1. The van der Waals surface area contributed by atoms with Crippen molar-refractivity contribution in [1.82, 2.24) is 36.3 Å². The molecule has 4 amide bonds. The van der Waals surface area contributed by atoms with Crippen molar-refractivity contribution in [2.75, 3.05) is 18.9 Å². The quantitative estimate of drug-likeness (QED) is 0.0986. The van der Waals surface area contributed by atoms with Crippen LogP contribution in [-0.4, -0.2) is 80.9 Å². The van der Waals surface area contributed by atoms with Gasteiger partial charge in [0.25, 0.3) is 5.91 Å². The number of benzene rings is 2. The molecule has 13 nitrogen and oxygen atoms in total. The van der Waals surface area contributed by atoms with Crippen LogP contribution in [0, 0.1) is 11.6 Å². The lowest BCUT2D eigenvalue weighted by Gasteiger charge is -2.18. The molecule has 2 aliphatic rings. The number of ketones is 1. The molecule has 2 aliphatic heterocycles. The van der Waals surface area contributed by atoms with E-state index < -0.39 is 41.7 Å². The Kier molecular flexibility index (Phi) is 12.5. The Morgan fingerprint density at radius 1 is 1.08 bits per heavy atom. The van der Waals surface area contributed by atoms with Crippen LogP contribution in [0.4, 0.5) is 13.6 Å². The summed E-state index contributed by atoms with van der Waals surface area (Å²) in [6.07, 6.45) is 6.00. The Labute approximate surface area is 286 Å². The number of ether oxygens (including phenoxy) is 1. The van der Waals surface area contributed by atoms with Gasteiger partial charge in [-0.2, -0.15) is 11.8 Å². The van der Waals surface area contributed by atoms with Gasteiger partial charge >= 0.3 is 6.03 Å². The predicted molar refractivity (Wildman–Crippen MR) is 178 cm³/mol. The van der Waals surface area contributed by atoms with E-state index in [4.69, 9.17) is 10.5 Å². The number of carbonyl (C=O) groups excluding carboxylic acids is 4. The predicted octanol–water partition coefficient (Wildman–Crippen LogP) is 2.76. The molecule has 3 heterocycles. The lowest BCUT2D eigenvalue weighted by atomic mass is 10.0. The van der Waals surface area contributed by atoms with Crippen molar-refractivity contribution < 1.29 is 32.7 Å². The molecule has 262 valence electrons. The second-order valence-electron chi connectivity index (χ2n) is 12.0. The van der Waals surface area contributed by atoms with Crippen molar-refractivity contribution in [1.29, 1.82) is 0 Å². The van der Waals surface area contributed by atoms with Gasteiger partial charge in [0.1, 0.15) is 12.3 Å². The molecule has 4 atom stereocenters. The number of fused-ring (bicyclic) bond motifs is 1. The Morgan fingerprint density at radius 2 is 1.88 bits per heavy atom. The normalized spacial score (nSPS) is 18.7. The molecule has 2 saturated heterocycles. The smallest absolute Gasteiger partial charge is 0.315 e. The minimum Gasteiger partial charge on any atom is -0.480 e. The highest BCUT2D eigenvalue weighted by atomic mass is 32.2. The fraction of sp³-hybridized carbons (Fsp3) is 0.455. The molecule has 0 radical (unpaired) electrons. The number of hydrogen-bond donors (Lipinski definition) is 5. The molecule has 0 aliphatic carbocycles. The molecule has 49 heavy (non-hydrogen) atoms. The molecule has 5 rings (SSSR count). The van der Waals surface area contributed by atoms with Crippen LogP contribution in [0.3, 0.4) is 0 Å².